The lowest BCUT2D eigenvalue weighted by Crippen LogP contribution is -2.18. The number of nitrogens with zero attached hydrogens (tertiary/aromatic N) is 3. The van der Waals surface area contributed by atoms with Crippen LogP contribution in [0.4, 0.5) is 5.82 Å². The monoisotopic (exact) mass is 403 g/mol. The van der Waals surface area contributed by atoms with Crippen molar-refractivity contribution in [1.82, 2.24) is 20.1 Å². The van der Waals surface area contributed by atoms with E-state index in [0.29, 0.717) is 18.7 Å². The summed E-state index contributed by atoms with van der Waals surface area (Å²) in [5, 5.41) is 16.4. The Hall–Kier alpha value is -3.75. The highest BCUT2D eigenvalue weighted by Crippen LogP contribution is 2.24. The zero-order chi connectivity index (χ0) is 20.9. The summed E-state index contributed by atoms with van der Waals surface area (Å²) >= 11 is 0. The van der Waals surface area contributed by atoms with Gasteiger partial charge in [0.05, 0.1) is 18.5 Å². The van der Waals surface area contributed by atoms with Crippen molar-refractivity contribution in [3.63, 3.8) is 0 Å². The third kappa shape index (κ3) is 4.14. The van der Waals surface area contributed by atoms with Gasteiger partial charge < -0.3 is 10.1 Å². The van der Waals surface area contributed by atoms with E-state index in [1.165, 1.54) is 0 Å². The van der Waals surface area contributed by atoms with Gasteiger partial charge in [-0.3, -0.25) is 10.0 Å². The Kier molecular flexibility index (Phi) is 5.69. The quantitative estimate of drug-likeness (QED) is 0.323. The highest BCUT2D eigenvalue weighted by Gasteiger charge is 2.09. The van der Waals surface area contributed by atoms with Crippen LogP contribution in [0.15, 0.2) is 66.9 Å². The van der Waals surface area contributed by atoms with Crippen LogP contribution in [-0.4, -0.2) is 32.8 Å². The zero-order valence-corrected chi connectivity index (χ0v) is 16.4. The second kappa shape index (κ2) is 8.73. The number of hydrogen-bond acceptors (Lipinski definition) is 6. The Labute approximate surface area is 173 Å². The molecule has 0 aliphatic rings. The Morgan fingerprint density at radius 3 is 2.50 bits per heavy atom. The predicted molar refractivity (Wildman–Crippen MR) is 112 cm³/mol. The fourth-order valence-electron chi connectivity index (χ4n) is 3.18. The fraction of sp³-hybridized carbons (Fsp3) is 0.136. The molecule has 0 saturated carbocycles. The van der Waals surface area contributed by atoms with Crippen LogP contribution in [0, 0.1) is 0 Å². The first kappa shape index (κ1) is 19.6. The summed E-state index contributed by atoms with van der Waals surface area (Å²) in [5.74, 6) is 0.180. The predicted octanol–water partition coefficient (Wildman–Crippen LogP) is 3.27. The van der Waals surface area contributed by atoms with Crippen LogP contribution < -0.4 is 10.8 Å². The molecule has 2 aromatic heterocycles. The molecule has 152 valence electrons. The summed E-state index contributed by atoms with van der Waals surface area (Å²) in [6.45, 7) is 1.10. The lowest BCUT2D eigenvalue weighted by atomic mass is 10.1. The van der Waals surface area contributed by atoms with Gasteiger partial charge in [0.25, 0.3) is 5.91 Å². The number of rotatable bonds is 7. The van der Waals surface area contributed by atoms with Gasteiger partial charge in [-0.1, -0.05) is 36.4 Å². The third-order valence-corrected chi connectivity index (χ3v) is 4.71. The molecule has 0 saturated heterocycles. The van der Waals surface area contributed by atoms with Gasteiger partial charge in [0.2, 0.25) is 0 Å². The van der Waals surface area contributed by atoms with Crippen LogP contribution in [0.2, 0.25) is 0 Å². The molecule has 0 aliphatic heterocycles. The van der Waals surface area contributed by atoms with Gasteiger partial charge in [0, 0.05) is 36.9 Å². The number of anilines is 1. The number of carbonyl (C=O) groups excluding carboxylic acids is 1. The first-order valence-corrected chi connectivity index (χ1v) is 9.38. The van der Waals surface area contributed by atoms with E-state index in [0.717, 1.165) is 33.8 Å². The number of ether oxygens (including phenoxy) is 1. The molecule has 8 heteroatoms. The number of hydrogen-bond donors (Lipinski definition) is 3. The molecule has 4 rings (SSSR count). The van der Waals surface area contributed by atoms with Crippen molar-refractivity contribution < 1.29 is 14.7 Å². The molecular formula is C22H21N5O3. The fourth-order valence-corrected chi connectivity index (χ4v) is 3.18. The average molecular weight is 403 g/mol. The molecule has 0 radical (unpaired) electrons. The van der Waals surface area contributed by atoms with Gasteiger partial charge >= 0.3 is 0 Å². The van der Waals surface area contributed by atoms with Crippen molar-refractivity contribution in [2.24, 2.45) is 0 Å². The molecule has 3 N–H and O–H groups in total. The first-order valence-electron chi connectivity index (χ1n) is 9.38. The second-order valence-corrected chi connectivity index (χ2v) is 6.75. The number of methoxy groups -OCH3 is 1. The maximum atomic E-state index is 11.4. The van der Waals surface area contributed by atoms with Crippen LogP contribution >= 0.6 is 0 Å². The Bertz CT molecular complexity index is 1150. The molecule has 0 atom stereocenters. The molecule has 0 fully saturated rings. The Morgan fingerprint density at radius 1 is 1.07 bits per heavy atom. The number of fused-ring (bicyclic) bond motifs is 1. The van der Waals surface area contributed by atoms with Gasteiger partial charge in [-0.05, 0) is 23.3 Å². The standard InChI is InChI=1S/C22H21N5O3/c1-30-14-16-4-6-17(7-5-16)19-12-20(25-21-10-11-24-27(19)21)23-13-15-2-8-18(9-3-15)22(28)26-29/h2-12,29H,13-14H2,1H3,(H,23,25)(H,26,28). The van der Waals surface area contributed by atoms with Crippen LogP contribution in [-0.2, 0) is 17.9 Å². The average Bonchev–Trinajstić information content (AvgIpc) is 3.26. The highest BCUT2D eigenvalue weighted by molar-refractivity contribution is 5.93. The van der Waals surface area contributed by atoms with Crippen LogP contribution in [0.1, 0.15) is 21.5 Å². The van der Waals surface area contributed by atoms with Crippen LogP contribution in [0.3, 0.4) is 0 Å². The minimum atomic E-state index is -0.538. The molecule has 2 heterocycles. The Balaban J connectivity index is 1.57. The number of aromatic nitrogens is 3. The number of amides is 1. The summed E-state index contributed by atoms with van der Waals surface area (Å²) in [6.07, 6.45) is 1.72. The van der Waals surface area contributed by atoms with E-state index in [4.69, 9.17) is 9.94 Å². The second-order valence-electron chi connectivity index (χ2n) is 6.75. The van der Waals surface area contributed by atoms with Crippen molar-refractivity contribution in [2.75, 3.05) is 12.4 Å². The van der Waals surface area contributed by atoms with E-state index in [9.17, 15) is 4.79 Å². The SMILES string of the molecule is COCc1ccc(-c2cc(NCc3ccc(C(=O)NO)cc3)nc3ccnn23)cc1. The molecule has 0 aliphatic carbocycles. The summed E-state index contributed by atoms with van der Waals surface area (Å²) < 4.78 is 6.98. The number of benzene rings is 2. The van der Waals surface area contributed by atoms with Crippen molar-refractivity contribution in [1.29, 1.82) is 0 Å². The summed E-state index contributed by atoms with van der Waals surface area (Å²) in [4.78, 5) is 16.0. The lowest BCUT2D eigenvalue weighted by molar-refractivity contribution is 0.0706. The molecule has 0 unspecified atom stereocenters. The largest absolute Gasteiger partial charge is 0.380 e. The molecule has 0 bridgehead atoms. The van der Waals surface area contributed by atoms with E-state index in [1.54, 1.807) is 35.4 Å². The summed E-state index contributed by atoms with van der Waals surface area (Å²) in [7, 11) is 1.68. The highest BCUT2D eigenvalue weighted by atomic mass is 16.5. The van der Waals surface area contributed by atoms with Gasteiger partial charge in [-0.2, -0.15) is 5.10 Å². The van der Waals surface area contributed by atoms with Gasteiger partial charge in [0.15, 0.2) is 5.65 Å². The van der Waals surface area contributed by atoms with Gasteiger partial charge in [-0.15, -0.1) is 0 Å². The molecular weight excluding hydrogens is 382 g/mol. The minimum absolute atomic E-state index is 0.388. The van der Waals surface area contributed by atoms with Crippen LogP contribution in [0.25, 0.3) is 16.9 Å². The van der Waals surface area contributed by atoms with E-state index in [2.05, 4.69) is 15.4 Å². The Morgan fingerprint density at radius 2 is 1.80 bits per heavy atom. The van der Waals surface area contributed by atoms with Gasteiger partial charge in [-0.25, -0.2) is 15.0 Å². The van der Waals surface area contributed by atoms with Crippen LogP contribution in [0.5, 0.6) is 0 Å². The van der Waals surface area contributed by atoms with E-state index in [1.807, 2.05) is 48.5 Å². The third-order valence-electron chi connectivity index (χ3n) is 4.71. The lowest BCUT2D eigenvalue weighted by Gasteiger charge is -2.11. The smallest absolute Gasteiger partial charge is 0.274 e. The van der Waals surface area contributed by atoms with Crippen molar-refractivity contribution >= 4 is 17.4 Å². The molecule has 2 aromatic carbocycles. The maximum Gasteiger partial charge on any atom is 0.274 e. The van der Waals surface area contributed by atoms with Gasteiger partial charge in [0.1, 0.15) is 5.82 Å². The number of carbonyl (C=O) groups is 1. The minimum Gasteiger partial charge on any atom is -0.380 e. The van der Waals surface area contributed by atoms with E-state index in [-0.39, 0.29) is 0 Å². The topological polar surface area (TPSA) is 101 Å². The normalized spacial score (nSPS) is 10.9. The van der Waals surface area contributed by atoms with Crippen molar-refractivity contribution in [2.45, 2.75) is 13.2 Å². The number of hydroxylamine groups is 1. The first-order chi connectivity index (χ1) is 14.7. The molecule has 8 nitrogen and oxygen atoms in total. The summed E-state index contributed by atoms with van der Waals surface area (Å²) in [6, 6.07) is 18.9. The van der Waals surface area contributed by atoms with E-state index >= 15 is 0 Å². The number of nitrogens with one attached hydrogen (secondary N) is 2. The van der Waals surface area contributed by atoms with Crippen molar-refractivity contribution in [3.8, 4) is 11.3 Å². The maximum absolute atomic E-state index is 11.4. The molecule has 1 amide bonds. The molecule has 4 aromatic rings. The summed E-state index contributed by atoms with van der Waals surface area (Å²) in [5.41, 5.74) is 6.78. The molecule has 0 spiro atoms. The molecule has 30 heavy (non-hydrogen) atoms. The zero-order valence-electron chi connectivity index (χ0n) is 16.4. The van der Waals surface area contributed by atoms with E-state index < -0.39 is 5.91 Å². The van der Waals surface area contributed by atoms with Crippen molar-refractivity contribution in [3.05, 3.63) is 83.6 Å².